The Balaban J connectivity index is 1.90. The lowest BCUT2D eigenvalue weighted by molar-refractivity contribution is -0.278. The van der Waals surface area contributed by atoms with Crippen molar-refractivity contribution in [3.8, 4) is 12.3 Å². The minimum absolute atomic E-state index is 0.0705. The van der Waals surface area contributed by atoms with E-state index in [1.54, 1.807) is 14.2 Å². The monoisotopic (exact) mass is 903 g/mol. The Labute approximate surface area is 349 Å². The molecule has 0 aromatic rings. The smallest absolute Gasteiger partial charge is 0.310 e. The molecule has 320 valence electrons. The minimum Gasteiger partial charge on any atom is -0.455 e. The molecule has 1 unspecified atom stereocenters. The Morgan fingerprint density at radius 2 is 1.73 bits per heavy atom. The second-order valence-electron chi connectivity index (χ2n) is 17.6. The van der Waals surface area contributed by atoms with Crippen molar-refractivity contribution in [2.24, 2.45) is 34.6 Å². The summed E-state index contributed by atoms with van der Waals surface area (Å²) in [5.74, 6) is 0.355. The zero-order valence-corrected chi connectivity index (χ0v) is 37.9. The number of carbonyl (C=O) groups excluding carboxylic acids is 2. The van der Waals surface area contributed by atoms with Gasteiger partial charge in [-0.15, -0.1) is 12.3 Å². The number of aliphatic hydroxyl groups is 1. The number of nitrogens with zero attached hydrogens (tertiary/aromatic N) is 2. The molecule has 0 radical (unpaired) electrons. The predicted molar refractivity (Wildman–Crippen MR) is 222 cm³/mol. The number of carbonyl (C=O) groups is 2. The molecule has 0 aliphatic carbocycles. The zero-order chi connectivity index (χ0) is 41.7. The van der Waals surface area contributed by atoms with Gasteiger partial charge in [0.05, 0.1) is 54.1 Å². The largest absolute Gasteiger partial charge is 0.455 e. The SMILES string of the molecule is C#CCCN(C)[C@@H]1C[C@H](O[C@@H]2[C@@H](C)C([C@H]3C[C@@](C)(OC)[C@@H](O)[C@H](C)O3)[C@@H](C)C(=O)O[C@H](I)[C@@](C)(OC=O)[C@@H]3NCCN=C([C@H](C)C[C@@]2(C)OC)[C@@H]3C)O[C@H](C)C1. The number of esters is 1. The molecule has 14 heteroatoms. The van der Waals surface area contributed by atoms with Crippen LogP contribution >= 0.6 is 22.6 Å². The molecule has 13 nitrogen and oxygen atoms in total. The fourth-order valence-corrected chi connectivity index (χ4v) is 11.0. The van der Waals surface area contributed by atoms with E-state index >= 15 is 0 Å². The molecule has 2 N–H and O–H groups in total. The number of halogens is 1. The van der Waals surface area contributed by atoms with E-state index in [2.05, 4.69) is 80.4 Å². The van der Waals surface area contributed by atoms with Gasteiger partial charge < -0.3 is 48.5 Å². The summed E-state index contributed by atoms with van der Waals surface area (Å²) in [4.78, 5) is 34.2. The lowest BCUT2D eigenvalue weighted by Crippen LogP contribution is -2.62. The van der Waals surface area contributed by atoms with Crippen LogP contribution in [0.2, 0.25) is 0 Å². The number of ether oxygens (including phenoxy) is 7. The van der Waals surface area contributed by atoms with E-state index in [9.17, 15) is 14.7 Å². The first-order valence-electron chi connectivity index (χ1n) is 20.4. The molecule has 3 saturated heterocycles. The van der Waals surface area contributed by atoms with E-state index < -0.39 is 81.4 Å². The van der Waals surface area contributed by atoms with E-state index in [4.69, 9.17) is 44.6 Å². The number of fused-ring (bicyclic) bond motifs is 2. The number of alkyl halides is 1. The summed E-state index contributed by atoms with van der Waals surface area (Å²) in [6, 6.07) is -0.240. The Morgan fingerprint density at radius 1 is 1.05 bits per heavy atom. The van der Waals surface area contributed by atoms with Crippen LogP contribution in [0.1, 0.15) is 94.4 Å². The van der Waals surface area contributed by atoms with Gasteiger partial charge in [0.15, 0.2) is 16.0 Å². The Kier molecular flexibility index (Phi) is 16.7. The number of terminal acetylenes is 1. The third-order valence-electron chi connectivity index (χ3n) is 13.6. The van der Waals surface area contributed by atoms with Gasteiger partial charge in [0.25, 0.3) is 6.47 Å². The summed E-state index contributed by atoms with van der Waals surface area (Å²) in [6.45, 7) is 20.1. The lowest BCUT2D eigenvalue weighted by atomic mass is 9.67. The highest BCUT2D eigenvalue weighted by Crippen LogP contribution is 2.46. The van der Waals surface area contributed by atoms with Crippen LogP contribution < -0.4 is 5.32 Å². The number of hydrogen-bond acceptors (Lipinski definition) is 13. The number of methoxy groups -OCH3 is 2. The second-order valence-corrected chi connectivity index (χ2v) is 18.7. The zero-order valence-electron chi connectivity index (χ0n) is 35.8. The highest BCUT2D eigenvalue weighted by Gasteiger charge is 2.56. The summed E-state index contributed by atoms with van der Waals surface area (Å²) in [7, 11) is 5.39. The summed E-state index contributed by atoms with van der Waals surface area (Å²) in [5, 5.41) is 14.8. The van der Waals surface area contributed by atoms with Crippen LogP contribution in [0, 0.1) is 41.9 Å². The molecule has 4 aliphatic heterocycles. The maximum atomic E-state index is 14.6. The van der Waals surface area contributed by atoms with Crippen molar-refractivity contribution >= 4 is 40.7 Å². The molecule has 0 amide bonds. The molecule has 4 rings (SSSR count). The van der Waals surface area contributed by atoms with Gasteiger partial charge in [0.2, 0.25) is 0 Å². The summed E-state index contributed by atoms with van der Waals surface area (Å²) >= 11 is 2.08. The second kappa shape index (κ2) is 19.8. The van der Waals surface area contributed by atoms with Crippen LogP contribution in [0.5, 0.6) is 0 Å². The molecule has 4 heterocycles. The summed E-state index contributed by atoms with van der Waals surface area (Å²) in [5.41, 5.74) is -2.15. The van der Waals surface area contributed by atoms with Gasteiger partial charge in [-0.3, -0.25) is 14.6 Å². The van der Waals surface area contributed by atoms with Crippen molar-refractivity contribution in [2.75, 3.05) is 40.9 Å². The van der Waals surface area contributed by atoms with Gasteiger partial charge in [0.1, 0.15) is 6.10 Å². The van der Waals surface area contributed by atoms with Gasteiger partial charge in [-0.2, -0.15) is 0 Å². The van der Waals surface area contributed by atoms with Crippen LogP contribution in [0.3, 0.4) is 0 Å². The topological polar surface area (TPSA) is 147 Å². The van der Waals surface area contributed by atoms with Crippen LogP contribution in [-0.4, -0.2) is 139 Å². The first-order chi connectivity index (χ1) is 26.3. The third-order valence-corrected chi connectivity index (χ3v) is 15.1. The van der Waals surface area contributed by atoms with Gasteiger partial charge in [0, 0.05) is 70.2 Å². The average Bonchev–Trinajstić information content (AvgIpc) is 3.35. The van der Waals surface area contributed by atoms with Crippen LogP contribution in [0.4, 0.5) is 0 Å². The molecular formula is C42H70IN3O10. The molecular weight excluding hydrogens is 833 g/mol. The predicted octanol–water partition coefficient (Wildman–Crippen LogP) is 4.78. The molecule has 56 heavy (non-hydrogen) atoms. The third kappa shape index (κ3) is 10.1. The Hall–Kier alpha value is -1.42. The van der Waals surface area contributed by atoms with E-state index in [0.29, 0.717) is 45.2 Å². The minimum atomic E-state index is -1.24. The number of hydrogen-bond donors (Lipinski definition) is 2. The summed E-state index contributed by atoms with van der Waals surface area (Å²) < 4.78 is 44.5. The highest BCUT2D eigenvalue weighted by atomic mass is 127. The molecule has 0 saturated carbocycles. The number of rotatable bonds is 10. The van der Waals surface area contributed by atoms with Crippen LogP contribution in [0.25, 0.3) is 0 Å². The molecule has 0 spiro atoms. The standard InChI is InChI=1S/C42H70IN3O10/c1-14-15-18-46(11)30-19-25(3)53-32(20-30)55-37-26(4)33(31-22-40(8,50-12)36(48)29(7)54-31)27(5)38(49)56-39(43)42(10,52-23-47)35-28(6)34(44-16-17-45-35)24(2)21-41(37,9)51-13/h1,23-33,35-37,39,45,48H,15-22H2,2-13H3/t24-,25-,26+,27-,28+,29+,30+,31-,32+,33?,35-,36+,37-,39+,40-,41-,42+/m1/s1. The Bertz CT molecular complexity index is 1400. The maximum Gasteiger partial charge on any atom is 0.310 e. The number of aliphatic hydroxyl groups excluding tert-OH is 1. The molecule has 0 aromatic carbocycles. The normalized spacial score (nSPS) is 45.8. The van der Waals surface area contributed by atoms with Gasteiger partial charge >= 0.3 is 5.97 Å². The molecule has 3 fully saturated rings. The van der Waals surface area contributed by atoms with Crippen molar-refractivity contribution < 1.29 is 47.9 Å². The van der Waals surface area contributed by atoms with Gasteiger partial charge in [-0.1, -0.05) is 27.7 Å². The lowest BCUT2D eigenvalue weighted by Gasteiger charge is -2.52. The first-order valence-corrected chi connectivity index (χ1v) is 21.7. The fraction of sp³-hybridized carbons (Fsp3) is 0.881. The van der Waals surface area contributed by atoms with Crippen LogP contribution in [0.15, 0.2) is 4.99 Å². The highest BCUT2D eigenvalue weighted by molar-refractivity contribution is 14.1. The maximum absolute atomic E-state index is 14.6. The van der Waals surface area contributed by atoms with Crippen molar-refractivity contribution in [3.63, 3.8) is 0 Å². The number of aliphatic imine (C=N–C) groups is 1. The van der Waals surface area contributed by atoms with Crippen molar-refractivity contribution in [1.82, 2.24) is 10.2 Å². The first kappa shape index (κ1) is 47.3. The summed E-state index contributed by atoms with van der Waals surface area (Å²) in [6.07, 6.45) is 5.29. The van der Waals surface area contributed by atoms with Gasteiger partial charge in [-0.05, 0) is 88.9 Å². The quantitative estimate of drug-likeness (QED) is 0.102. The van der Waals surface area contributed by atoms with Crippen molar-refractivity contribution in [2.45, 2.75) is 164 Å². The number of cyclic esters (lactones) is 1. The number of nitrogens with one attached hydrogen (secondary N) is 1. The average molecular weight is 904 g/mol. The van der Waals surface area contributed by atoms with E-state index in [1.165, 1.54) is 0 Å². The molecule has 2 bridgehead atoms. The van der Waals surface area contributed by atoms with E-state index in [1.807, 2.05) is 27.7 Å². The molecule has 0 aromatic heterocycles. The van der Waals surface area contributed by atoms with E-state index in [-0.39, 0.29) is 24.0 Å². The molecule has 17 atom stereocenters. The Morgan fingerprint density at radius 3 is 2.36 bits per heavy atom. The van der Waals surface area contributed by atoms with Crippen molar-refractivity contribution in [3.05, 3.63) is 0 Å². The van der Waals surface area contributed by atoms with Crippen LogP contribution in [-0.2, 0) is 42.7 Å². The van der Waals surface area contributed by atoms with E-state index in [0.717, 1.165) is 18.7 Å². The van der Waals surface area contributed by atoms with Crippen molar-refractivity contribution in [1.29, 1.82) is 0 Å². The fourth-order valence-electron chi connectivity index (χ4n) is 10.2. The molecule has 4 aliphatic rings. The van der Waals surface area contributed by atoms with Gasteiger partial charge in [-0.25, -0.2) is 0 Å².